The minimum atomic E-state index is -2.16. The number of ether oxygens (including phenoxy) is 7. The van der Waals surface area contributed by atoms with Gasteiger partial charge in [0.15, 0.2) is 18.9 Å². The van der Waals surface area contributed by atoms with Gasteiger partial charge in [0.2, 0.25) is 17.4 Å². The summed E-state index contributed by atoms with van der Waals surface area (Å²) >= 11 is 0. The van der Waals surface area contributed by atoms with Gasteiger partial charge in [-0.05, 0) is 0 Å². The Bertz CT molecular complexity index is 1340. The lowest BCUT2D eigenvalue weighted by Crippen LogP contribution is -2.58. The van der Waals surface area contributed by atoms with Gasteiger partial charge >= 0.3 is 0 Å². The molecule has 6 fully saturated rings. The summed E-state index contributed by atoms with van der Waals surface area (Å²) in [5.74, 6) is -6.48. The Hall–Kier alpha value is -1.56. The number of aliphatic hydroxyl groups is 31. The monoisotopic (exact) mass is 1180 g/mol. The van der Waals surface area contributed by atoms with E-state index in [-0.39, 0.29) is 5.48 Å². The van der Waals surface area contributed by atoms with Gasteiger partial charge in [0, 0.05) is 21.3 Å². The molecule has 0 aromatic heterocycles. The highest BCUT2D eigenvalue weighted by atomic mass is 16.7. The van der Waals surface area contributed by atoms with Crippen LogP contribution in [0.5, 0.6) is 0 Å². The fraction of sp³-hybridized carbons (Fsp3) is 1.00. The van der Waals surface area contributed by atoms with Gasteiger partial charge < -0.3 is 197 Å². The highest BCUT2D eigenvalue weighted by Gasteiger charge is 2.55. The second-order valence-corrected chi connectivity index (χ2v) is 16.7. The summed E-state index contributed by atoms with van der Waals surface area (Å²) in [6.07, 6.45) is -32.1. The molecule has 0 aromatic rings. The molecule has 0 aromatic carbocycles. The fourth-order valence-electron chi connectivity index (χ4n) is 6.87. The Kier molecular flexibility index (Phi) is 39.6. The second kappa shape index (κ2) is 38.3. The van der Waals surface area contributed by atoms with Crippen LogP contribution in [0.1, 0.15) is 0 Å². The van der Waals surface area contributed by atoms with Crippen LogP contribution < -0.4 is 0 Å². The number of hydrogen-bond acceptors (Lipinski definition) is 38. The summed E-state index contributed by atoms with van der Waals surface area (Å²) in [6.45, 7) is -5.57. The van der Waals surface area contributed by atoms with Crippen LogP contribution in [0.2, 0.25) is 0 Å². The lowest BCUT2D eigenvalue weighted by Gasteiger charge is -2.38. The molecule has 27 atom stereocenters. The highest BCUT2D eigenvalue weighted by Crippen LogP contribution is 2.31. The standard InChI is InChI=1S/C7H14O6.5C6H12O6.2CH4O.H2O/c1-12-7-6(11)5(10)4(9)3(2-8)13-7;3*7-1-3-4(9)5(10)6(11,2-8)12-3;2*7-1-2-3(8)4(9)5(10)6(11)12-2;2*1-2;/h3-11H,2H2,1H3;3*3-5,7-11H,1-2H2;2*2-11H,1H2;2*2H,1H3;1H2/t3-,4-,5+,6+,7?;3*3-,4-,5+,6?;2*2-,3-,4+,5-,6?;;;/m111111.../s1. The van der Waals surface area contributed by atoms with E-state index in [1.54, 1.807) is 0 Å². The van der Waals surface area contributed by atoms with Crippen molar-refractivity contribution >= 4 is 0 Å². The van der Waals surface area contributed by atoms with Crippen LogP contribution in [-0.4, -0.2) is 409 Å². The van der Waals surface area contributed by atoms with Crippen molar-refractivity contribution in [1.29, 1.82) is 0 Å². The van der Waals surface area contributed by atoms with Crippen molar-refractivity contribution in [3.8, 4) is 0 Å². The quantitative estimate of drug-likeness (QED) is 0.0966. The lowest BCUT2D eigenvalue weighted by molar-refractivity contribution is -0.294. The van der Waals surface area contributed by atoms with Crippen LogP contribution in [0.15, 0.2) is 0 Å². The predicted molar refractivity (Wildman–Crippen MR) is 241 cm³/mol. The van der Waals surface area contributed by atoms with Crippen LogP contribution in [0.3, 0.4) is 0 Å². The molecule has 0 aliphatic carbocycles. The molecule has 6 rings (SSSR count). The smallest absolute Gasteiger partial charge is 0.219 e. The number of methoxy groups -OCH3 is 1. The van der Waals surface area contributed by atoms with Gasteiger partial charge in [-0.2, -0.15) is 0 Å². The minimum Gasteiger partial charge on any atom is -0.412 e. The van der Waals surface area contributed by atoms with E-state index >= 15 is 0 Å². The molecule has 474 valence electrons. The third-order valence-electron chi connectivity index (χ3n) is 11.6. The Labute approximate surface area is 442 Å². The van der Waals surface area contributed by atoms with Gasteiger partial charge in [0.25, 0.3) is 0 Å². The third-order valence-corrected chi connectivity index (χ3v) is 11.6. The predicted octanol–water partition coefficient (Wildman–Crippen LogP) is -20.3. The first-order valence-electron chi connectivity index (χ1n) is 22.6. The molecule has 0 radical (unpaired) electrons. The van der Waals surface area contributed by atoms with Crippen molar-refractivity contribution in [1.82, 2.24) is 0 Å². The maximum atomic E-state index is 9.28. The number of aliphatic hydroxyl groups excluding tert-OH is 28. The Morgan fingerprint density at radius 3 is 0.705 bits per heavy atom. The molecule has 6 heterocycles. The zero-order chi connectivity index (χ0) is 60.7. The van der Waals surface area contributed by atoms with E-state index in [4.69, 9.17) is 137 Å². The van der Waals surface area contributed by atoms with Gasteiger partial charge in [-0.15, -0.1) is 0 Å². The van der Waals surface area contributed by atoms with E-state index in [9.17, 15) is 30.6 Å². The molecule has 39 nitrogen and oxygen atoms in total. The third kappa shape index (κ3) is 20.9. The first-order chi connectivity index (χ1) is 35.9. The van der Waals surface area contributed by atoms with Gasteiger partial charge in [0.05, 0.1) is 59.5 Å². The molecule has 0 spiro atoms. The molecular weight excluding hydrogens is 1090 g/mol. The Morgan fingerprint density at radius 2 is 0.526 bits per heavy atom. The molecule has 6 aliphatic rings. The van der Waals surface area contributed by atoms with E-state index in [1.807, 2.05) is 0 Å². The SMILES string of the molecule is CO.CO.COC1O[C@H](CO)[C@@H](O)[C@H](O)[C@@H]1O.O.OC[C@H]1OC(O)(CO)[C@@H](O)[C@@H]1O.OC[C@H]1OC(O)(CO)[C@@H](O)[C@@H]1O.OC[C@H]1OC(O)(CO)[C@@H](O)[C@@H]1O.OC[C@H]1OC(O)[C@H](O)[C@@H](O)[C@@H]1O.OC[C@H]1OC(O)[C@H](O)[C@@H](O)[C@@H]1O. The van der Waals surface area contributed by atoms with Crippen molar-refractivity contribution < 1.29 is 197 Å². The van der Waals surface area contributed by atoms with Crippen LogP contribution in [-0.2, 0) is 33.2 Å². The first kappa shape index (κ1) is 80.7. The van der Waals surface area contributed by atoms with Crippen molar-refractivity contribution in [2.24, 2.45) is 0 Å². The van der Waals surface area contributed by atoms with Crippen molar-refractivity contribution in [3.05, 3.63) is 0 Å². The fourth-order valence-corrected chi connectivity index (χ4v) is 6.87. The molecule has 39 heteroatoms. The molecule has 0 saturated carbocycles. The Morgan fingerprint density at radius 1 is 0.308 bits per heavy atom. The average Bonchev–Trinajstić information content (AvgIpc) is 3.92. The van der Waals surface area contributed by atoms with E-state index in [1.165, 1.54) is 7.11 Å². The van der Waals surface area contributed by atoms with E-state index in [0.29, 0.717) is 0 Å². The normalized spacial score (nSPS) is 45.3. The summed E-state index contributed by atoms with van der Waals surface area (Å²) in [6, 6.07) is 0. The molecule has 6 saturated heterocycles. The summed E-state index contributed by atoms with van der Waals surface area (Å²) < 4.78 is 32.7. The summed E-state index contributed by atoms with van der Waals surface area (Å²) in [5.41, 5.74) is 0. The molecule has 6 aliphatic heterocycles. The molecule has 0 amide bonds. The molecule has 33 N–H and O–H groups in total. The minimum absolute atomic E-state index is 0. The number of rotatable bonds is 10. The van der Waals surface area contributed by atoms with Crippen molar-refractivity contribution in [2.45, 2.75) is 164 Å². The largest absolute Gasteiger partial charge is 0.412 e. The van der Waals surface area contributed by atoms with Gasteiger partial charge in [-0.25, -0.2) is 0 Å². The van der Waals surface area contributed by atoms with Gasteiger partial charge in [-0.1, -0.05) is 0 Å². The highest BCUT2D eigenvalue weighted by molar-refractivity contribution is 4.97. The molecule has 6 unspecified atom stereocenters. The topological polar surface area (TPSA) is 723 Å². The van der Waals surface area contributed by atoms with E-state index in [2.05, 4.69) is 23.7 Å². The Balaban J connectivity index is -0.000000852. The van der Waals surface area contributed by atoms with Crippen LogP contribution in [0.4, 0.5) is 0 Å². The van der Waals surface area contributed by atoms with E-state index < -0.39 is 224 Å². The summed E-state index contributed by atoms with van der Waals surface area (Å²) in [5, 5.41) is 274. The molecule has 78 heavy (non-hydrogen) atoms. The zero-order valence-corrected chi connectivity index (χ0v) is 41.9. The van der Waals surface area contributed by atoms with Crippen molar-refractivity contribution in [2.75, 3.05) is 80.8 Å². The van der Waals surface area contributed by atoms with Gasteiger partial charge in [-0.3, -0.25) is 0 Å². The average molecular weight is 1180 g/mol. The number of hydrogen-bond donors (Lipinski definition) is 31. The zero-order valence-electron chi connectivity index (χ0n) is 41.9. The van der Waals surface area contributed by atoms with Crippen LogP contribution in [0, 0.1) is 0 Å². The maximum Gasteiger partial charge on any atom is 0.219 e. The van der Waals surface area contributed by atoms with E-state index in [0.717, 1.165) is 14.2 Å². The second-order valence-electron chi connectivity index (χ2n) is 16.7. The van der Waals surface area contributed by atoms with Crippen LogP contribution >= 0.6 is 0 Å². The first-order valence-corrected chi connectivity index (χ1v) is 22.6. The summed E-state index contributed by atoms with van der Waals surface area (Å²) in [4.78, 5) is 0. The maximum absolute atomic E-state index is 9.28. The molecule has 0 bridgehead atoms. The van der Waals surface area contributed by atoms with Crippen molar-refractivity contribution in [3.63, 3.8) is 0 Å². The van der Waals surface area contributed by atoms with Gasteiger partial charge in [0.1, 0.15) is 128 Å². The van der Waals surface area contributed by atoms with Crippen LogP contribution in [0.25, 0.3) is 0 Å². The lowest BCUT2D eigenvalue weighted by atomic mass is 9.99. The summed E-state index contributed by atoms with van der Waals surface area (Å²) in [7, 11) is 3.30. The molecular formula is C39H84O39.